The lowest BCUT2D eigenvalue weighted by Crippen LogP contribution is -2.29. The molecule has 1 amide bonds. The third-order valence-electron chi connectivity index (χ3n) is 6.27. The van der Waals surface area contributed by atoms with Crippen molar-refractivity contribution in [1.82, 2.24) is 19.7 Å². The molecule has 2 heterocycles. The second-order valence-electron chi connectivity index (χ2n) is 8.61. The number of rotatable bonds is 7. The molecular formula is C28H23FN6O2. The number of hydrogen-bond acceptors (Lipinski definition) is 5. The smallest absolute Gasteiger partial charge is 0.239 e. The molecule has 0 bridgehead atoms. The second kappa shape index (κ2) is 9.95. The zero-order valence-corrected chi connectivity index (χ0v) is 19.8. The van der Waals surface area contributed by atoms with E-state index in [1.165, 1.54) is 28.9 Å². The molecule has 2 aromatic heterocycles. The number of carbonyl (C=O) groups is 1. The summed E-state index contributed by atoms with van der Waals surface area (Å²) in [5.74, 6) is -0.394. The van der Waals surface area contributed by atoms with E-state index in [1.54, 1.807) is 12.1 Å². The second-order valence-corrected chi connectivity index (χ2v) is 8.61. The summed E-state index contributed by atoms with van der Waals surface area (Å²) in [5, 5.41) is 18.0. The minimum Gasteiger partial charge on any atom is -0.382 e. The van der Waals surface area contributed by atoms with E-state index >= 15 is 0 Å². The van der Waals surface area contributed by atoms with Gasteiger partial charge in [-0.2, -0.15) is 10.4 Å². The molecule has 0 radical (unpaired) electrons. The highest BCUT2D eigenvalue weighted by Crippen LogP contribution is 2.22. The number of aryl methyl sites for hydroxylation is 1. The van der Waals surface area contributed by atoms with E-state index in [9.17, 15) is 19.2 Å². The normalized spacial score (nSPS) is 11.0. The molecule has 5 aromatic rings. The summed E-state index contributed by atoms with van der Waals surface area (Å²) >= 11 is 0. The maximum atomic E-state index is 13.3. The standard InChI is InChI=1S/C28H23FN6O2/c29-18-11-13-19(14-12-18)35-28(31)22(16-30)23(33-35)8-5-15-32-26(36)17-34-24-9-3-1-6-20(24)27(37)21-7-2-4-10-25(21)34/h1-4,6-7,9-14H,5,8,15,17,31H2,(H,32,36). The SMILES string of the molecule is N#Cc1c(CCCNC(=O)Cn2c3ccccc3c(=O)c3ccccc32)nn(-c2ccc(F)cc2)c1N. The molecule has 0 fully saturated rings. The first-order valence-corrected chi connectivity index (χ1v) is 11.8. The third-order valence-corrected chi connectivity index (χ3v) is 6.27. The average molecular weight is 495 g/mol. The number of carbonyl (C=O) groups excluding carboxylic acids is 1. The fraction of sp³-hybridized carbons (Fsp3) is 0.143. The van der Waals surface area contributed by atoms with Crippen molar-refractivity contribution >= 4 is 33.5 Å². The van der Waals surface area contributed by atoms with Crippen molar-refractivity contribution < 1.29 is 9.18 Å². The molecule has 3 aromatic carbocycles. The van der Waals surface area contributed by atoms with Gasteiger partial charge in [0.05, 0.1) is 22.4 Å². The van der Waals surface area contributed by atoms with Gasteiger partial charge in [-0.15, -0.1) is 0 Å². The van der Waals surface area contributed by atoms with Crippen molar-refractivity contribution in [1.29, 1.82) is 5.26 Å². The number of nitrogen functional groups attached to an aromatic ring is 1. The van der Waals surface area contributed by atoms with Gasteiger partial charge in [0.15, 0.2) is 5.43 Å². The van der Waals surface area contributed by atoms with Crippen LogP contribution in [0, 0.1) is 17.1 Å². The molecule has 184 valence electrons. The lowest BCUT2D eigenvalue weighted by Gasteiger charge is -2.15. The van der Waals surface area contributed by atoms with Crippen LogP contribution < -0.4 is 16.5 Å². The Morgan fingerprint density at radius 2 is 1.62 bits per heavy atom. The lowest BCUT2D eigenvalue weighted by atomic mass is 10.1. The van der Waals surface area contributed by atoms with Crippen LogP contribution in [-0.4, -0.2) is 26.8 Å². The Kier molecular flexibility index (Phi) is 6.39. The van der Waals surface area contributed by atoms with Gasteiger partial charge >= 0.3 is 0 Å². The molecular weight excluding hydrogens is 471 g/mol. The Morgan fingerprint density at radius 3 is 2.24 bits per heavy atom. The number of anilines is 1. The molecule has 0 saturated heterocycles. The minimum absolute atomic E-state index is 0.0525. The highest BCUT2D eigenvalue weighted by Gasteiger charge is 2.17. The van der Waals surface area contributed by atoms with Gasteiger partial charge in [0, 0.05) is 17.3 Å². The lowest BCUT2D eigenvalue weighted by molar-refractivity contribution is -0.121. The Labute approximate surface area is 211 Å². The number of nitrogens with zero attached hydrogens (tertiary/aromatic N) is 4. The predicted octanol–water partition coefficient (Wildman–Crippen LogP) is 3.68. The van der Waals surface area contributed by atoms with Crippen molar-refractivity contribution in [3.63, 3.8) is 0 Å². The maximum absolute atomic E-state index is 13.3. The number of nitrogens with two attached hydrogens (primary N) is 1. The van der Waals surface area contributed by atoms with Gasteiger partial charge in [0.2, 0.25) is 5.91 Å². The minimum atomic E-state index is -0.380. The number of pyridine rings is 1. The number of hydrogen-bond donors (Lipinski definition) is 2. The first kappa shape index (κ1) is 23.8. The summed E-state index contributed by atoms with van der Waals surface area (Å²) < 4.78 is 16.5. The number of para-hydroxylation sites is 2. The summed E-state index contributed by atoms with van der Waals surface area (Å²) in [7, 11) is 0. The molecule has 0 aliphatic heterocycles. The van der Waals surface area contributed by atoms with Gasteiger partial charge in [-0.1, -0.05) is 24.3 Å². The van der Waals surface area contributed by atoms with Crippen LogP contribution >= 0.6 is 0 Å². The van der Waals surface area contributed by atoms with E-state index in [0.717, 1.165) is 0 Å². The van der Waals surface area contributed by atoms with Gasteiger partial charge in [0.1, 0.15) is 29.8 Å². The molecule has 37 heavy (non-hydrogen) atoms. The van der Waals surface area contributed by atoms with Crippen molar-refractivity contribution in [3.05, 3.63) is 100 Å². The van der Waals surface area contributed by atoms with Crippen LogP contribution in [0.3, 0.4) is 0 Å². The topological polar surface area (TPSA) is 119 Å². The molecule has 0 unspecified atom stereocenters. The van der Waals surface area contributed by atoms with Crippen LogP contribution in [0.25, 0.3) is 27.5 Å². The maximum Gasteiger partial charge on any atom is 0.239 e. The van der Waals surface area contributed by atoms with E-state index < -0.39 is 0 Å². The summed E-state index contributed by atoms with van der Waals surface area (Å²) in [6.07, 6.45) is 0.956. The predicted molar refractivity (Wildman–Crippen MR) is 140 cm³/mol. The fourth-order valence-corrected chi connectivity index (χ4v) is 4.48. The van der Waals surface area contributed by atoms with Crippen molar-refractivity contribution in [3.8, 4) is 11.8 Å². The molecule has 0 saturated carbocycles. The van der Waals surface area contributed by atoms with Crippen LogP contribution in [0.2, 0.25) is 0 Å². The first-order chi connectivity index (χ1) is 18.0. The van der Waals surface area contributed by atoms with Crippen LogP contribution in [-0.2, 0) is 17.8 Å². The quantitative estimate of drug-likeness (QED) is 0.264. The van der Waals surface area contributed by atoms with Crippen LogP contribution in [0.4, 0.5) is 10.2 Å². The number of nitriles is 1. The average Bonchev–Trinajstić information content (AvgIpc) is 3.24. The van der Waals surface area contributed by atoms with Crippen LogP contribution in [0.1, 0.15) is 17.7 Å². The molecule has 8 nitrogen and oxygen atoms in total. The van der Waals surface area contributed by atoms with Gasteiger partial charge in [0.25, 0.3) is 0 Å². The Hall–Kier alpha value is -4.97. The number of aromatic nitrogens is 3. The van der Waals surface area contributed by atoms with Crippen molar-refractivity contribution in [2.24, 2.45) is 0 Å². The van der Waals surface area contributed by atoms with Crippen molar-refractivity contribution in [2.75, 3.05) is 12.3 Å². The number of nitrogens with one attached hydrogen (secondary N) is 1. The van der Waals surface area contributed by atoms with E-state index in [2.05, 4.69) is 16.5 Å². The molecule has 0 spiro atoms. The molecule has 0 aliphatic carbocycles. The molecule has 5 rings (SSSR count). The largest absolute Gasteiger partial charge is 0.382 e. The van der Waals surface area contributed by atoms with Gasteiger partial charge in [-0.3, -0.25) is 9.59 Å². The Morgan fingerprint density at radius 1 is 1.00 bits per heavy atom. The zero-order valence-electron chi connectivity index (χ0n) is 19.8. The monoisotopic (exact) mass is 494 g/mol. The van der Waals surface area contributed by atoms with Crippen molar-refractivity contribution in [2.45, 2.75) is 19.4 Å². The number of fused-ring (bicyclic) bond motifs is 2. The van der Waals surface area contributed by atoms with E-state index in [4.69, 9.17) is 5.73 Å². The highest BCUT2D eigenvalue weighted by molar-refractivity contribution is 5.94. The van der Waals surface area contributed by atoms with Gasteiger partial charge < -0.3 is 15.6 Å². The molecule has 3 N–H and O–H groups in total. The number of benzene rings is 3. The highest BCUT2D eigenvalue weighted by atomic mass is 19.1. The van der Waals surface area contributed by atoms with Gasteiger partial charge in [-0.05, 0) is 61.4 Å². The first-order valence-electron chi connectivity index (χ1n) is 11.8. The van der Waals surface area contributed by atoms with Crippen LogP contribution in [0.5, 0.6) is 0 Å². The molecule has 9 heteroatoms. The Bertz CT molecular complexity index is 1670. The summed E-state index contributed by atoms with van der Waals surface area (Å²) in [6.45, 7) is 0.417. The summed E-state index contributed by atoms with van der Waals surface area (Å²) in [4.78, 5) is 25.7. The zero-order chi connectivity index (χ0) is 25.9. The van der Waals surface area contributed by atoms with Gasteiger partial charge in [-0.25, -0.2) is 9.07 Å². The number of amides is 1. The van der Waals surface area contributed by atoms with Crippen LogP contribution in [0.15, 0.2) is 77.6 Å². The van der Waals surface area contributed by atoms with E-state index in [1.807, 2.05) is 41.0 Å². The van der Waals surface area contributed by atoms with E-state index in [0.29, 0.717) is 52.6 Å². The fourth-order valence-electron chi connectivity index (χ4n) is 4.48. The third kappa shape index (κ3) is 4.52. The molecule has 0 atom stereocenters. The summed E-state index contributed by atoms with van der Waals surface area (Å²) in [6, 6.07) is 22.3. The Balaban J connectivity index is 1.28. The summed E-state index contributed by atoms with van der Waals surface area (Å²) in [5.41, 5.74) is 8.77. The van der Waals surface area contributed by atoms with E-state index in [-0.39, 0.29) is 35.1 Å². The number of halogens is 1. The molecule has 0 aliphatic rings.